The number of aryl methyl sites for hydroxylation is 1. The summed E-state index contributed by atoms with van der Waals surface area (Å²) in [6.45, 7) is 9.25. The standard InChI is InChI=1S/C33H34F3N5O2S/c1-19-16-24(20(2)40(19)22-11-9-10-21(17-22)33(34,35)36)29-28(26-12-7-8-15-37-26)39-31(44)41(29)23-13-14-25(27(18-23)43-6)38-30(42)32(3,4)5/h7-18,28-29H,1-6H3,(H,38,42)(H,39,44)/t28-,29-/m0/s1. The van der Waals surface area contributed by atoms with Crippen LogP contribution in [0.15, 0.2) is 72.9 Å². The number of benzene rings is 2. The van der Waals surface area contributed by atoms with E-state index >= 15 is 0 Å². The molecule has 2 atom stereocenters. The van der Waals surface area contributed by atoms with Crippen LogP contribution in [0, 0.1) is 19.3 Å². The molecule has 0 saturated carbocycles. The highest BCUT2D eigenvalue weighted by Gasteiger charge is 2.42. The average Bonchev–Trinajstić information content (AvgIpc) is 3.47. The number of hydrogen-bond acceptors (Lipinski definition) is 4. The minimum atomic E-state index is -4.46. The molecule has 0 spiro atoms. The number of carbonyl (C=O) groups is 1. The molecule has 7 nitrogen and oxygen atoms in total. The zero-order valence-corrected chi connectivity index (χ0v) is 26.1. The van der Waals surface area contributed by atoms with E-state index in [4.69, 9.17) is 17.0 Å². The van der Waals surface area contributed by atoms with E-state index in [2.05, 4.69) is 15.6 Å². The maximum Gasteiger partial charge on any atom is 0.416 e. The van der Waals surface area contributed by atoms with Crippen LogP contribution in [-0.2, 0) is 11.0 Å². The molecule has 2 aromatic carbocycles. The molecule has 11 heteroatoms. The first-order chi connectivity index (χ1) is 20.7. The third-order valence-corrected chi connectivity index (χ3v) is 8.03. The van der Waals surface area contributed by atoms with E-state index in [1.165, 1.54) is 13.2 Å². The van der Waals surface area contributed by atoms with Crippen molar-refractivity contribution in [2.24, 2.45) is 5.41 Å². The van der Waals surface area contributed by atoms with Gasteiger partial charge in [-0.3, -0.25) is 9.78 Å². The van der Waals surface area contributed by atoms with Crippen molar-refractivity contribution in [3.63, 3.8) is 0 Å². The maximum absolute atomic E-state index is 13.6. The third kappa shape index (κ3) is 5.88. The van der Waals surface area contributed by atoms with Crippen molar-refractivity contribution in [2.75, 3.05) is 17.3 Å². The highest BCUT2D eigenvalue weighted by molar-refractivity contribution is 7.80. The minimum Gasteiger partial charge on any atom is -0.494 e. The largest absolute Gasteiger partial charge is 0.494 e. The second kappa shape index (κ2) is 11.6. The summed E-state index contributed by atoms with van der Waals surface area (Å²) in [5.41, 5.74) is 3.49. The van der Waals surface area contributed by atoms with Gasteiger partial charge in [0.1, 0.15) is 5.75 Å². The molecular formula is C33H34F3N5O2S. The first-order valence-corrected chi connectivity index (χ1v) is 14.5. The van der Waals surface area contributed by atoms with Gasteiger partial charge < -0.3 is 24.8 Å². The summed E-state index contributed by atoms with van der Waals surface area (Å²) < 4.78 is 48.3. The number of anilines is 2. The Hall–Kier alpha value is -4.38. The second-order valence-corrected chi connectivity index (χ2v) is 12.2. The number of pyridine rings is 1. The highest BCUT2D eigenvalue weighted by Crippen LogP contribution is 2.45. The van der Waals surface area contributed by atoms with E-state index in [-0.39, 0.29) is 11.9 Å². The number of carbonyl (C=O) groups excluding carboxylic acids is 1. The molecule has 2 aromatic heterocycles. The summed E-state index contributed by atoms with van der Waals surface area (Å²) in [5.74, 6) is 0.300. The van der Waals surface area contributed by atoms with E-state index in [1.807, 2.05) is 80.5 Å². The minimum absolute atomic E-state index is 0.156. The molecule has 3 heterocycles. The van der Waals surface area contributed by atoms with Gasteiger partial charge in [-0.25, -0.2) is 0 Å². The van der Waals surface area contributed by atoms with Crippen molar-refractivity contribution in [1.82, 2.24) is 14.9 Å². The summed E-state index contributed by atoms with van der Waals surface area (Å²) in [6.07, 6.45) is -2.75. The fourth-order valence-electron chi connectivity index (χ4n) is 5.50. The Morgan fingerprint density at radius 1 is 1.00 bits per heavy atom. The number of methoxy groups -OCH3 is 1. The SMILES string of the molecule is COc1cc(N2C(=S)N[C@@H](c3ccccn3)[C@@H]2c2cc(C)n(-c3cccc(C(F)(F)F)c3)c2C)ccc1NC(=O)C(C)(C)C. The van der Waals surface area contributed by atoms with Gasteiger partial charge in [0.2, 0.25) is 5.91 Å². The summed E-state index contributed by atoms with van der Waals surface area (Å²) >= 11 is 5.89. The summed E-state index contributed by atoms with van der Waals surface area (Å²) in [5, 5.41) is 6.81. The van der Waals surface area contributed by atoms with Gasteiger partial charge in [-0.2, -0.15) is 13.2 Å². The van der Waals surface area contributed by atoms with Crippen LogP contribution in [0.1, 0.15) is 61.1 Å². The number of nitrogens with one attached hydrogen (secondary N) is 2. The molecule has 1 amide bonds. The van der Waals surface area contributed by atoms with Crippen LogP contribution >= 0.6 is 12.2 Å². The Morgan fingerprint density at radius 3 is 2.39 bits per heavy atom. The molecule has 230 valence electrons. The smallest absolute Gasteiger partial charge is 0.416 e. The summed E-state index contributed by atoms with van der Waals surface area (Å²) in [6, 6.07) is 17.6. The first-order valence-electron chi connectivity index (χ1n) is 14.1. The number of hydrogen-bond donors (Lipinski definition) is 2. The van der Waals surface area contributed by atoms with Gasteiger partial charge in [0.25, 0.3) is 0 Å². The molecule has 0 aliphatic carbocycles. The molecule has 0 unspecified atom stereocenters. The number of ether oxygens (including phenoxy) is 1. The topological polar surface area (TPSA) is 71.4 Å². The van der Waals surface area contributed by atoms with E-state index in [0.717, 1.165) is 34.8 Å². The zero-order valence-electron chi connectivity index (χ0n) is 25.3. The zero-order chi connectivity index (χ0) is 32.0. The Kier molecular flexibility index (Phi) is 8.19. The molecule has 1 fully saturated rings. The van der Waals surface area contributed by atoms with Gasteiger partial charge in [-0.1, -0.05) is 32.9 Å². The second-order valence-electron chi connectivity index (χ2n) is 11.8. The van der Waals surface area contributed by atoms with Gasteiger partial charge in [0.05, 0.1) is 36.1 Å². The van der Waals surface area contributed by atoms with Gasteiger partial charge in [-0.05, 0) is 80.2 Å². The predicted molar refractivity (Wildman–Crippen MR) is 169 cm³/mol. The monoisotopic (exact) mass is 621 g/mol. The quantitative estimate of drug-likeness (QED) is 0.215. The normalized spacial score (nSPS) is 17.0. The van der Waals surface area contributed by atoms with E-state index in [0.29, 0.717) is 27.9 Å². The first kappa shape index (κ1) is 31.1. The van der Waals surface area contributed by atoms with E-state index in [9.17, 15) is 18.0 Å². The maximum atomic E-state index is 13.6. The van der Waals surface area contributed by atoms with E-state index < -0.39 is 23.2 Å². The number of aromatic nitrogens is 2. The van der Waals surface area contributed by atoms with Gasteiger partial charge >= 0.3 is 6.18 Å². The number of halogens is 3. The van der Waals surface area contributed by atoms with Gasteiger partial charge in [-0.15, -0.1) is 0 Å². The molecule has 1 aliphatic rings. The molecule has 2 N–H and O–H groups in total. The lowest BCUT2D eigenvalue weighted by molar-refractivity contribution is -0.137. The Labute approximate surface area is 260 Å². The lowest BCUT2D eigenvalue weighted by Crippen LogP contribution is -2.30. The Morgan fingerprint density at radius 2 is 1.75 bits per heavy atom. The van der Waals surface area contributed by atoms with Crippen LogP contribution in [-0.4, -0.2) is 27.7 Å². The molecule has 44 heavy (non-hydrogen) atoms. The van der Waals surface area contributed by atoms with Crippen LogP contribution in [0.25, 0.3) is 5.69 Å². The van der Waals surface area contributed by atoms with E-state index in [1.54, 1.807) is 18.3 Å². The lowest BCUT2D eigenvalue weighted by Gasteiger charge is -2.29. The molecule has 0 bridgehead atoms. The number of amides is 1. The molecule has 0 radical (unpaired) electrons. The lowest BCUT2D eigenvalue weighted by atomic mass is 9.95. The third-order valence-electron chi connectivity index (χ3n) is 7.71. The van der Waals surface area contributed by atoms with Crippen molar-refractivity contribution >= 4 is 34.6 Å². The summed E-state index contributed by atoms with van der Waals surface area (Å²) in [4.78, 5) is 19.3. The van der Waals surface area contributed by atoms with Crippen molar-refractivity contribution in [3.05, 3.63) is 101 Å². The van der Waals surface area contributed by atoms with Crippen molar-refractivity contribution in [3.8, 4) is 11.4 Å². The molecule has 1 aliphatic heterocycles. The summed E-state index contributed by atoms with van der Waals surface area (Å²) in [7, 11) is 1.53. The van der Waals surface area contributed by atoms with Crippen molar-refractivity contribution < 1.29 is 22.7 Å². The molecular weight excluding hydrogens is 587 g/mol. The Bertz CT molecular complexity index is 1710. The molecule has 4 aromatic rings. The van der Waals surface area contributed by atoms with Gasteiger partial charge in [0, 0.05) is 40.4 Å². The fraction of sp³-hybridized carbons (Fsp3) is 0.303. The average molecular weight is 622 g/mol. The van der Waals surface area contributed by atoms with Crippen LogP contribution in [0.3, 0.4) is 0 Å². The van der Waals surface area contributed by atoms with Gasteiger partial charge in [0.15, 0.2) is 5.11 Å². The van der Waals surface area contributed by atoms with Crippen LogP contribution in [0.2, 0.25) is 0 Å². The predicted octanol–water partition coefficient (Wildman–Crippen LogP) is 7.68. The van der Waals surface area contributed by atoms with Crippen LogP contribution < -0.4 is 20.3 Å². The number of nitrogens with zero attached hydrogens (tertiary/aromatic N) is 3. The van der Waals surface area contributed by atoms with Crippen molar-refractivity contribution in [2.45, 2.75) is 52.9 Å². The number of alkyl halides is 3. The fourth-order valence-corrected chi connectivity index (χ4v) is 5.84. The van der Waals surface area contributed by atoms with Crippen molar-refractivity contribution in [1.29, 1.82) is 0 Å². The molecule has 1 saturated heterocycles. The number of thiocarbonyl (C=S) groups is 1. The molecule has 5 rings (SSSR count). The van der Waals surface area contributed by atoms with Crippen LogP contribution in [0.5, 0.6) is 5.75 Å². The number of rotatable bonds is 6. The van der Waals surface area contributed by atoms with Crippen LogP contribution in [0.4, 0.5) is 24.5 Å². The highest BCUT2D eigenvalue weighted by atomic mass is 32.1. The Balaban J connectivity index is 1.63.